The van der Waals surface area contributed by atoms with E-state index in [-0.39, 0.29) is 29.3 Å². The fourth-order valence-corrected chi connectivity index (χ4v) is 4.38. The maximum absolute atomic E-state index is 12.6. The number of Topliss-reactive ketones (excluding diaryl/α,β-unsaturated/α-hetero) is 1. The van der Waals surface area contributed by atoms with Crippen molar-refractivity contribution in [2.45, 2.75) is 17.9 Å². The lowest BCUT2D eigenvalue weighted by Crippen LogP contribution is -2.40. The van der Waals surface area contributed by atoms with Gasteiger partial charge in [0.05, 0.1) is 30.8 Å². The number of esters is 1. The molecule has 1 atom stereocenters. The van der Waals surface area contributed by atoms with Gasteiger partial charge in [-0.25, -0.2) is 13.2 Å². The molecule has 0 radical (unpaired) electrons. The van der Waals surface area contributed by atoms with Crippen molar-refractivity contribution in [3.8, 4) is 5.75 Å². The van der Waals surface area contributed by atoms with E-state index in [0.717, 1.165) is 0 Å². The molecule has 1 heterocycles. The van der Waals surface area contributed by atoms with E-state index in [0.29, 0.717) is 24.5 Å². The van der Waals surface area contributed by atoms with Crippen LogP contribution in [0.3, 0.4) is 0 Å². The van der Waals surface area contributed by atoms with Crippen LogP contribution in [0, 0.1) is 0 Å². The Labute approximate surface area is 175 Å². The molecule has 160 valence electrons. The van der Waals surface area contributed by atoms with Crippen LogP contribution in [-0.4, -0.2) is 64.0 Å². The van der Waals surface area contributed by atoms with Gasteiger partial charge in [-0.05, 0) is 55.5 Å². The Hall–Kier alpha value is -2.75. The number of carbonyl (C=O) groups excluding carboxylic acids is 2. The Morgan fingerprint density at radius 2 is 1.53 bits per heavy atom. The minimum atomic E-state index is -3.65. The number of ketones is 1. The maximum atomic E-state index is 12.6. The average molecular weight is 433 g/mol. The third-order valence-electron chi connectivity index (χ3n) is 4.73. The van der Waals surface area contributed by atoms with Crippen molar-refractivity contribution in [1.29, 1.82) is 0 Å². The van der Waals surface area contributed by atoms with E-state index >= 15 is 0 Å². The molecular formula is C21H23NO7S. The monoisotopic (exact) mass is 433 g/mol. The Kier molecular flexibility index (Phi) is 6.86. The van der Waals surface area contributed by atoms with Gasteiger partial charge in [0.1, 0.15) is 5.75 Å². The van der Waals surface area contributed by atoms with Crippen LogP contribution < -0.4 is 4.74 Å². The van der Waals surface area contributed by atoms with E-state index in [1.807, 2.05) is 0 Å². The predicted octanol–water partition coefficient (Wildman–Crippen LogP) is 2.14. The number of carbonyl (C=O) groups is 2. The molecule has 0 amide bonds. The molecule has 0 N–H and O–H groups in total. The lowest BCUT2D eigenvalue weighted by atomic mass is 10.1. The SMILES string of the molecule is COc1ccc(C(=O)C(C)OC(=O)c2ccc(S(=O)(=O)N3CCOCC3)cc2)cc1. The first kappa shape index (κ1) is 21.9. The molecule has 1 fully saturated rings. The first-order chi connectivity index (χ1) is 14.3. The van der Waals surface area contributed by atoms with Crippen LogP contribution >= 0.6 is 0 Å². The Morgan fingerprint density at radius 1 is 0.967 bits per heavy atom. The molecule has 0 aliphatic carbocycles. The largest absolute Gasteiger partial charge is 0.497 e. The molecule has 1 unspecified atom stereocenters. The third-order valence-corrected chi connectivity index (χ3v) is 6.64. The molecule has 30 heavy (non-hydrogen) atoms. The number of morpholine rings is 1. The van der Waals surface area contributed by atoms with Crippen molar-refractivity contribution in [2.24, 2.45) is 0 Å². The molecule has 3 rings (SSSR count). The van der Waals surface area contributed by atoms with Gasteiger partial charge in [-0.1, -0.05) is 0 Å². The van der Waals surface area contributed by atoms with Crippen LogP contribution in [0.15, 0.2) is 53.4 Å². The first-order valence-electron chi connectivity index (χ1n) is 9.40. The summed E-state index contributed by atoms with van der Waals surface area (Å²) in [6, 6.07) is 12.0. The minimum Gasteiger partial charge on any atom is -0.497 e. The molecule has 9 heteroatoms. The van der Waals surface area contributed by atoms with E-state index in [4.69, 9.17) is 14.2 Å². The summed E-state index contributed by atoms with van der Waals surface area (Å²) in [6.45, 7) is 2.77. The number of rotatable bonds is 7. The molecule has 0 saturated carbocycles. The van der Waals surface area contributed by atoms with Gasteiger partial charge in [0.2, 0.25) is 15.8 Å². The van der Waals surface area contributed by atoms with E-state index in [1.54, 1.807) is 24.3 Å². The minimum absolute atomic E-state index is 0.0864. The first-order valence-corrected chi connectivity index (χ1v) is 10.8. The van der Waals surface area contributed by atoms with E-state index in [1.165, 1.54) is 42.6 Å². The Bertz CT molecular complexity index is 995. The van der Waals surface area contributed by atoms with E-state index in [9.17, 15) is 18.0 Å². The van der Waals surface area contributed by atoms with E-state index in [2.05, 4.69) is 0 Å². The van der Waals surface area contributed by atoms with Gasteiger partial charge in [0.25, 0.3) is 0 Å². The lowest BCUT2D eigenvalue weighted by Gasteiger charge is -2.26. The molecule has 0 aromatic heterocycles. The smallest absolute Gasteiger partial charge is 0.338 e. The van der Waals surface area contributed by atoms with Gasteiger partial charge in [0.15, 0.2) is 6.10 Å². The lowest BCUT2D eigenvalue weighted by molar-refractivity contribution is 0.0318. The van der Waals surface area contributed by atoms with Crippen LogP contribution in [0.5, 0.6) is 5.75 Å². The fraction of sp³-hybridized carbons (Fsp3) is 0.333. The topological polar surface area (TPSA) is 99.2 Å². The number of sulfonamides is 1. The normalized spacial score (nSPS) is 15.9. The summed E-state index contributed by atoms with van der Waals surface area (Å²) in [5, 5.41) is 0. The summed E-state index contributed by atoms with van der Waals surface area (Å²) in [4.78, 5) is 24.9. The fourth-order valence-electron chi connectivity index (χ4n) is 2.97. The van der Waals surface area contributed by atoms with Crippen molar-refractivity contribution < 1.29 is 32.2 Å². The van der Waals surface area contributed by atoms with Crippen LogP contribution in [0.4, 0.5) is 0 Å². The highest BCUT2D eigenvalue weighted by molar-refractivity contribution is 7.89. The number of ether oxygens (including phenoxy) is 3. The van der Waals surface area contributed by atoms with Gasteiger partial charge in [-0.15, -0.1) is 0 Å². The Balaban J connectivity index is 1.65. The standard InChI is InChI=1S/C21H23NO7S/c1-15(20(23)16-3-7-18(27-2)8-4-16)29-21(24)17-5-9-19(10-6-17)30(25,26)22-11-13-28-14-12-22/h3-10,15H,11-14H2,1-2H3. The number of nitrogens with zero attached hydrogens (tertiary/aromatic N) is 1. The molecule has 2 aromatic carbocycles. The second kappa shape index (κ2) is 9.38. The van der Waals surface area contributed by atoms with Crippen LogP contribution in [0.2, 0.25) is 0 Å². The van der Waals surface area contributed by atoms with Crippen LogP contribution in [0.25, 0.3) is 0 Å². The van der Waals surface area contributed by atoms with Crippen molar-refractivity contribution in [3.05, 3.63) is 59.7 Å². The number of benzene rings is 2. The molecule has 0 bridgehead atoms. The van der Waals surface area contributed by atoms with Gasteiger partial charge in [-0.2, -0.15) is 4.31 Å². The van der Waals surface area contributed by atoms with Crippen molar-refractivity contribution in [2.75, 3.05) is 33.4 Å². The second-order valence-electron chi connectivity index (χ2n) is 6.68. The highest BCUT2D eigenvalue weighted by Gasteiger charge is 2.27. The Morgan fingerprint density at radius 3 is 2.10 bits per heavy atom. The zero-order chi connectivity index (χ0) is 21.7. The van der Waals surface area contributed by atoms with Gasteiger partial charge in [-0.3, -0.25) is 4.79 Å². The van der Waals surface area contributed by atoms with Crippen LogP contribution in [0.1, 0.15) is 27.6 Å². The molecule has 2 aromatic rings. The zero-order valence-corrected chi connectivity index (χ0v) is 17.6. The summed E-state index contributed by atoms with van der Waals surface area (Å²) >= 11 is 0. The molecular weight excluding hydrogens is 410 g/mol. The highest BCUT2D eigenvalue weighted by atomic mass is 32.2. The summed E-state index contributed by atoms with van der Waals surface area (Å²) < 4.78 is 42.1. The highest BCUT2D eigenvalue weighted by Crippen LogP contribution is 2.19. The van der Waals surface area contributed by atoms with Crippen molar-refractivity contribution in [1.82, 2.24) is 4.31 Å². The second-order valence-corrected chi connectivity index (χ2v) is 8.62. The molecule has 1 aliphatic rings. The quantitative estimate of drug-likeness (QED) is 0.487. The molecule has 1 saturated heterocycles. The molecule has 8 nitrogen and oxygen atoms in total. The van der Waals surface area contributed by atoms with E-state index < -0.39 is 22.1 Å². The summed E-state index contributed by atoms with van der Waals surface area (Å²) in [6.07, 6.45) is -0.998. The van der Waals surface area contributed by atoms with Crippen molar-refractivity contribution >= 4 is 21.8 Å². The third kappa shape index (κ3) is 4.86. The molecule has 1 aliphatic heterocycles. The van der Waals surface area contributed by atoms with Gasteiger partial charge in [0, 0.05) is 18.7 Å². The number of hydrogen-bond acceptors (Lipinski definition) is 7. The number of hydrogen-bond donors (Lipinski definition) is 0. The maximum Gasteiger partial charge on any atom is 0.338 e. The van der Waals surface area contributed by atoms with Crippen molar-refractivity contribution in [3.63, 3.8) is 0 Å². The summed E-state index contributed by atoms with van der Waals surface area (Å²) in [7, 11) is -2.12. The van der Waals surface area contributed by atoms with Gasteiger partial charge >= 0.3 is 5.97 Å². The predicted molar refractivity (Wildman–Crippen MR) is 108 cm³/mol. The summed E-state index contributed by atoms with van der Waals surface area (Å²) in [5.41, 5.74) is 0.549. The molecule has 0 spiro atoms. The number of methoxy groups -OCH3 is 1. The summed E-state index contributed by atoms with van der Waals surface area (Å²) in [5.74, 6) is -0.444. The van der Waals surface area contributed by atoms with Crippen LogP contribution in [-0.2, 0) is 19.5 Å². The van der Waals surface area contributed by atoms with Gasteiger partial charge < -0.3 is 14.2 Å². The zero-order valence-electron chi connectivity index (χ0n) is 16.7. The average Bonchev–Trinajstić information content (AvgIpc) is 2.79.